The predicted octanol–water partition coefficient (Wildman–Crippen LogP) is 2.22. The molecule has 1 fully saturated rings. The summed E-state index contributed by atoms with van der Waals surface area (Å²) in [6, 6.07) is 7.06. The van der Waals surface area contributed by atoms with E-state index in [9.17, 15) is 4.39 Å². The molecule has 1 saturated heterocycles. The van der Waals surface area contributed by atoms with Crippen LogP contribution in [0, 0.1) is 17.1 Å². The van der Waals surface area contributed by atoms with E-state index in [2.05, 4.69) is 22.9 Å². The summed E-state index contributed by atoms with van der Waals surface area (Å²) in [5, 5.41) is 9.05. The molecule has 102 valence electrons. The Balaban J connectivity index is 2.00. The monoisotopic (exact) mass is 261 g/mol. The van der Waals surface area contributed by atoms with Gasteiger partial charge in [0, 0.05) is 19.1 Å². The number of hydrogen-bond acceptors (Lipinski definition) is 3. The molecule has 1 aromatic rings. The van der Waals surface area contributed by atoms with Gasteiger partial charge in [0.05, 0.1) is 11.6 Å². The van der Waals surface area contributed by atoms with Gasteiger partial charge in [0.1, 0.15) is 5.82 Å². The fourth-order valence-electron chi connectivity index (χ4n) is 2.73. The van der Waals surface area contributed by atoms with Crippen LogP contribution in [0.5, 0.6) is 0 Å². The van der Waals surface area contributed by atoms with Crippen LogP contribution >= 0.6 is 0 Å². The maximum Gasteiger partial charge on any atom is 0.123 e. The van der Waals surface area contributed by atoms with Crippen molar-refractivity contribution in [1.29, 1.82) is 5.26 Å². The molecule has 0 amide bonds. The van der Waals surface area contributed by atoms with Crippen LogP contribution < -0.4 is 0 Å². The Morgan fingerprint density at radius 3 is 2.95 bits per heavy atom. The Hall–Kier alpha value is -1.44. The largest absolute Gasteiger partial charge is 0.302 e. The molecular formula is C15H20FN3. The average Bonchev–Trinajstić information content (AvgIpc) is 2.75. The minimum absolute atomic E-state index is 0.277. The number of benzene rings is 1. The molecule has 0 radical (unpaired) electrons. The predicted molar refractivity (Wildman–Crippen MR) is 73.1 cm³/mol. The van der Waals surface area contributed by atoms with Crippen LogP contribution in [0.4, 0.5) is 4.39 Å². The molecule has 1 aromatic carbocycles. The Bertz CT molecular complexity index is 481. The summed E-state index contributed by atoms with van der Waals surface area (Å²) in [5.74, 6) is -0.277. The van der Waals surface area contributed by atoms with Gasteiger partial charge in [-0.3, -0.25) is 0 Å². The lowest BCUT2D eigenvalue weighted by atomic mass is 10.1. The number of likely N-dealkylation sites (N-methyl/N-ethyl adjacent to an activating group) is 2. The van der Waals surface area contributed by atoms with E-state index in [0.717, 1.165) is 18.7 Å². The van der Waals surface area contributed by atoms with E-state index in [0.29, 0.717) is 18.2 Å². The highest BCUT2D eigenvalue weighted by Gasteiger charge is 2.22. The number of rotatable bonds is 4. The quantitative estimate of drug-likeness (QED) is 0.832. The van der Waals surface area contributed by atoms with Crippen LogP contribution in [-0.2, 0) is 6.54 Å². The number of likely N-dealkylation sites (tertiary alicyclic amines) is 1. The van der Waals surface area contributed by atoms with E-state index >= 15 is 0 Å². The lowest BCUT2D eigenvalue weighted by Gasteiger charge is -2.26. The summed E-state index contributed by atoms with van der Waals surface area (Å²) < 4.78 is 13.3. The fraction of sp³-hybridized carbons (Fsp3) is 0.533. The third-order valence-electron chi connectivity index (χ3n) is 3.82. The topological polar surface area (TPSA) is 30.3 Å². The molecule has 1 heterocycles. The van der Waals surface area contributed by atoms with Crippen LogP contribution in [0.15, 0.2) is 18.2 Å². The van der Waals surface area contributed by atoms with Crippen molar-refractivity contribution in [3.8, 4) is 6.07 Å². The normalized spacial score (nSPS) is 19.8. The zero-order valence-electron chi connectivity index (χ0n) is 11.6. The highest BCUT2D eigenvalue weighted by Crippen LogP contribution is 2.17. The van der Waals surface area contributed by atoms with Crippen LogP contribution in [0.2, 0.25) is 0 Å². The molecule has 19 heavy (non-hydrogen) atoms. The first-order chi connectivity index (χ1) is 9.10. The first-order valence-electron chi connectivity index (χ1n) is 6.67. The van der Waals surface area contributed by atoms with E-state index in [4.69, 9.17) is 5.26 Å². The molecule has 1 unspecified atom stereocenters. The molecule has 0 bridgehead atoms. The van der Waals surface area contributed by atoms with Gasteiger partial charge in [-0.2, -0.15) is 5.26 Å². The van der Waals surface area contributed by atoms with Gasteiger partial charge in [0.2, 0.25) is 0 Å². The van der Waals surface area contributed by atoms with Crippen molar-refractivity contribution >= 4 is 0 Å². The molecule has 2 rings (SSSR count). The van der Waals surface area contributed by atoms with Gasteiger partial charge in [-0.05, 0) is 57.2 Å². The highest BCUT2D eigenvalue weighted by atomic mass is 19.1. The summed E-state index contributed by atoms with van der Waals surface area (Å²) in [6.07, 6.45) is 2.47. The van der Waals surface area contributed by atoms with Crippen molar-refractivity contribution in [3.63, 3.8) is 0 Å². The van der Waals surface area contributed by atoms with Gasteiger partial charge in [0.15, 0.2) is 0 Å². The van der Waals surface area contributed by atoms with Gasteiger partial charge in [-0.25, -0.2) is 4.39 Å². The summed E-state index contributed by atoms with van der Waals surface area (Å²) in [6.45, 7) is 2.73. The second-order valence-electron chi connectivity index (χ2n) is 5.39. The van der Waals surface area contributed by atoms with Crippen molar-refractivity contribution in [2.45, 2.75) is 25.4 Å². The van der Waals surface area contributed by atoms with E-state index in [1.54, 1.807) is 6.07 Å². The van der Waals surface area contributed by atoms with Crippen molar-refractivity contribution in [2.24, 2.45) is 0 Å². The lowest BCUT2D eigenvalue weighted by Crippen LogP contribution is -2.36. The van der Waals surface area contributed by atoms with Crippen LogP contribution in [0.3, 0.4) is 0 Å². The van der Waals surface area contributed by atoms with E-state index in [1.807, 2.05) is 7.05 Å². The van der Waals surface area contributed by atoms with Gasteiger partial charge in [-0.15, -0.1) is 0 Å². The zero-order chi connectivity index (χ0) is 13.8. The molecule has 0 saturated carbocycles. The third kappa shape index (κ3) is 3.52. The van der Waals surface area contributed by atoms with E-state index < -0.39 is 0 Å². The molecule has 4 heteroatoms. The minimum atomic E-state index is -0.277. The number of nitrogens with zero attached hydrogens (tertiary/aromatic N) is 3. The average molecular weight is 261 g/mol. The molecule has 0 aromatic heterocycles. The second-order valence-corrected chi connectivity index (χ2v) is 5.39. The van der Waals surface area contributed by atoms with Crippen molar-refractivity contribution < 1.29 is 4.39 Å². The second kappa shape index (κ2) is 6.14. The lowest BCUT2D eigenvalue weighted by molar-refractivity contribution is 0.215. The maximum atomic E-state index is 13.3. The molecule has 0 N–H and O–H groups in total. The third-order valence-corrected chi connectivity index (χ3v) is 3.82. The van der Waals surface area contributed by atoms with E-state index in [-0.39, 0.29) is 5.82 Å². The van der Waals surface area contributed by atoms with Crippen LogP contribution in [-0.4, -0.2) is 43.0 Å². The highest BCUT2D eigenvalue weighted by molar-refractivity contribution is 5.37. The number of hydrogen-bond donors (Lipinski definition) is 0. The molecule has 0 aliphatic carbocycles. The Morgan fingerprint density at radius 1 is 1.53 bits per heavy atom. The van der Waals surface area contributed by atoms with E-state index in [1.165, 1.54) is 25.0 Å². The Kier molecular flexibility index (Phi) is 4.52. The first kappa shape index (κ1) is 14.0. The van der Waals surface area contributed by atoms with Crippen LogP contribution in [0.25, 0.3) is 0 Å². The van der Waals surface area contributed by atoms with Crippen molar-refractivity contribution in [2.75, 3.05) is 27.2 Å². The SMILES string of the molecule is CN(Cc1cc(F)ccc1C#N)CC1CCCN1C. The first-order valence-corrected chi connectivity index (χ1v) is 6.67. The number of halogens is 1. The standard InChI is InChI=1S/C15H20FN3/c1-18(11-15-4-3-7-19(15)2)10-13-8-14(16)6-5-12(13)9-17/h5-6,8,15H,3-4,7,10-11H2,1-2H3. The van der Waals surface area contributed by atoms with Gasteiger partial charge in [-0.1, -0.05) is 0 Å². The molecule has 1 aliphatic rings. The molecule has 0 spiro atoms. The van der Waals surface area contributed by atoms with Crippen LogP contribution in [0.1, 0.15) is 24.0 Å². The Morgan fingerprint density at radius 2 is 2.32 bits per heavy atom. The summed E-state index contributed by atoms with van der Waals surface area (Å²) in [7, 11) is 4.17. The molecule has 3 nitrogen and oxygen atoms in total. The smallest absolute Gasteiger partial charge is 0.123 e. The Labute approximate surface area is 114 Å². The zero-order valence-corrected chi connectivity index (χ0v) is 11.6. The molecule has 1 aliphatic heterocycles. The molecular weight excluding hydrogens is 241 g/mol. The minimum Gasteiger partial charge on any atom is -0.302 e. The maximum absolute atomic E-state index is 13.3. The van der Waals surface area contributed by atoms with Gasteiger partial charge < -0.3 is 9.80 Å². The molecule has 1 atom stereocenters. The van der Waals surface area contributed by atoms with Gasteiger partial charge in [0.25, 0.3) is 0 Å². The summed E-state index contributed by atoms with van der Waals surface area (Å²) >= 11 is 0. The van der Waals surface area contributed by atoms with Crippen molar-refractivity contribution in [1.82, 2.24) is 9.80 Å². The summed E-state index contributed by atoms with van der Waals surface area (Å²) in [5.41, 5.74) is 1.33. The summed E-state index contributed by atoms with van der Waals surface area (Å²) in [4.78, 5) is 4.54. The van der Waals surface area contributed by atoms with Crippen molar-refractivity contribution in [3.05, 3.63) is 35.1 Å². The van der Waals surface area contributed by atoms with Gasteiger partial charge >= 0.3 is 0 Å². The fourth-order valence-corrected chi connectivity index (χ4v) is 2.73. The number of nitriles is 1.